The highest BCUT2D eigenvalue weighted by atomic mass is 16.4. The van der Waals surface area contributed by atoms with E-state index >= 15 is 0 Å². The Morgan fingerprint density at radius 1 is 1.20 bits per heavy atom. The van der Waals surface area contributed by atoms with E-state index in [-0.39, 0.29) is 18.0 Å². The molecule has 6 heteroatoms. The van der Waals surface area contributed by atoms with Gasteiger partial charge in [-0.3, -0.25) is 4.79 Å². The van der Waals surface area contributed by atoms with Gasteiger partial charge in [-0.25, -0.2) is 4.79 Å². The molecule has 0 aromatic carbocycles. The maximum Gasteiger partial charge on any atom is 0.320 e. The van der Waals surface area contributed by atoms with Gasteiger partial charge in [-0.1, -0.05) is 6.92 Å². The maximum atomic E-state index is 12.5. The van der Waals surface area contributed by atoms with Gasteiger partial charge in [0.25, 0.3) is 0 Å². The lowest BCUT2D eigenvalue weighted by atomic mass is 9.99. The molecule has 114 valence electrons. The fourth-order valence-corrected chi connectivity index (χ4v) is 3.21. The summed E-state index contributed by atoms with van der Waals surface area (Å²) in [6.45, 7) is 4.81. The Hall–Kier alpha value is -1.30. The predicted octanol–water partition coefficient (Wildman–Crippen LogP) is 0.785. The van der Waals surface area contributed by atoms with Crippen molar-refractivity contribution in [2.24, 2.45) is 11.8 Å². The molecule has 2 heterocycles. The lowest BCUT2D eigenvalue weighted by molar-refractivity contribution is -0.142. The van der Waals surface area contributed by atoms with Gasteiger partial charge in [0.05, 0.1) is 5.92 Å². The first kappa shape index (κ1) is 15.1. The first-order chi connectivity index (χ1) is 9.40. The summed E-state index contributed by atoms with van der Waals surface area (Å²) in [6.07, 6.45) is 1.98. The average molecular weight is 283 g/mol. The second-order valence-corrected chi connectivity index (χ2v) is 6.25. The zero-order valence-corrected chi connectivity index (χ0v) is 12.6. The molecule has 0 saturated carbocycles. The van der Waals surface area contributed by atoms with Crippen molar-refractivity contribution in [1.82, 2.24) is 14.7 Å². The summed E-state index contributed by atoms with van der Waals surface area (Å²) in [6, 6.07) is 0.257. The van der Waals surface area contributed by atoms with Gasteiger partial charge in [-0.2, -0.15) is 0 Å². The van der Waals surface area contributed by atoms with Crippen LogP contribution in [0.3, 0.4) is 0 Å². The maximum absolute atomic E-state index is 12.5. The Morgan fingerprint density at radius 2 is 1.80 bits per heavy atom. The fourth-order valence-electron chi connectivity index (χ4n) is 3.21. The van der Waals surface area contributed by atoms with E-state index in [0.717, 1.165) is 25.9 Å². The summed E-state index contributed by atoms with van der Waals surface area (Å²) in [5.74, 6) is -1.19. The molecule has 0 aromatic rings. The smallest absolute Gasteiger partial charge is 0.320 e. The Bertz CT molecular complexity index is 380. The SMILES string of the molecule is CC1CN(C(=O)N(C)C2CCN(C)CC2)CC1C(=O)O. The van der Waals surface area contributed by atoms with Crippen molar-refractivity contribution in [1.29, 1.82) is 0 Å². The van der Waals surface area contributed by atoms with Crippen molar-refractivity contribution in [2.45, 2.75) is 25.8 Å². The highest BCUT2D eigenvalue weighted by molar-refractivity contribution is 5.77. The predicted molar refractivity (Wildman–Crippen MR) is 75.5 cm³/mol. The number of nitrogens with zero attached hydrogens (tertiary/aromatic N) is 3. The van der Waals surface area contributed by atoms with E-state index in [4.69, 9.17) is 5.11 Å². The molecule has 2 amide bonds. The monoisotopic (exact) mass is 283 g/mol. The molecule has 20 heavy (non-hydrogen) atoms. The standard InChI is InChI=1S/C14H25N3O3/c1-10-8-17(9-12(10)13(18)19)14(20)16(3)11-4-6-15(2)7-5-11/h10-12H,4-9H2,1-3H3,(H,18,19). The third-order valence-electron chi connectivity index (χ3n) is 4.74. The molecule has 1 N–H and O–H groups in total. The Labute approximate surface area is 120 Å². The van der Waals surface area contributed by atoms with E-state index in [1.54, 1.807) is 4.90 Å². The number of hydrogen-bond donors (Lipinski definition) is 1. The lowest BCUT2D eigenvalue weighted by Gasteiger charge is -2.36. The summed E-state index contributed by atoms with van der Waals surface area (Å²) in [5.41, 5.74) is 0. The molecule has 2 saturated heterocycles. The highest BCUT2D eigenvalue weighted by Gasteiger charge is 2.39. The quantitative estimate of drug-likeness (QED) is 0.813. The molecule has 2 unspecified atom stereocenters. The number of likely N-dealkylation sites (tertiary alicyclic amines) is 2. The number of amides is 2. The normalized spacial score (nSPS) is 28.6. The molecule has 6 nitrogen and oxygen atoms in total. The second-order valence-electron chi connectivity index (χ2n) is 6.25. The van der Waals surface area contributed by atoms with Crippen molar-refractivity contribution in [3.63, 3.8) is 0 Å². The van der Waals surface area contributed by atoms with E-state index in [1.165, 1.54) is 0 Å². The summed E-state index contributed by atoms with van der Waals surface area (Å²) in [5, 5.41) is 9.14. The van der Waals surface area contributed by atoms with Crippen molar-refractivity contribution in [2.75, 3.05) is 40.3 Å². The summed E-state index contributed by atoms with van der Waals surface area (Å²) >= 11 is 0. The van der Waals surface area contributed by atoms with Gasteiger partial charge in [0.2, 0.25) is 0 Å². The van der Waals surface area contributed by atoms with E-state index in [1.807, 2.05) is 18.9 Å². The van der Waals surface area contributed by atoms with Crippen LogP contribution in [-0.4, -0.2) is 78.1 Å². The number of carboxylic acid groups (broad SMARTS) is 1. The first-order valence-electron chi connectivity index (χ1n) is 7.33. The van der Waals surface area contributed by atoms with Crippen molar-refractivity contribution in [3.8, 4) is 0 Å². The molecular formula is C14H25N3O3. The van der Waals surface area contributed by atoms with Gasteiger partial charge in [0.15, 0.2) is 0 Å². The van der Waals surface area contributed by atoms with Gasteiger partial charge in [0, 0.05) is 26.2 Å². The lowest BCUT2D eigenvalue weighted by Crippen LogP contribution is -2.49. The van der Waals surface area contributed by atoms with Crippen molar-refractivity contribution < 1.29 is 14.7 Å². The van der Waals surface area contributed by atoms with Crippen LogP contribution in [0.15, 0.2) is 0 Å². The van der Waals surface area contributed by atoms with Crippen LogP contribution in [0.4, 0.5) is 4.79 Å². The number of carbonyl (C=O) groups is 2. The van der Waals surface area contributed by atoms with E-state index in [9.17, 15) is 9.59 Å². The van der Waals surface area contributed by atoms with E-state index < -0.39 is 11.9 Å². The molecule has 0 aliphatic carbocycles. The summed E-state index contributed by atoms with van der Waals surface area (Å²) in [7, 11) is 3.94. The minimum absolute atomic E-state index is 0.0184. The molecular weight excluding hydrogens is 258 g/mol. The van der Waals surface area contributed by atoms with Gasteiger partial charge in [0.1, 0.15) is 0 Å². The number of urea groups is 1. The first-order valence-corrected chi connectivity index (χ1v) is 7.33. The third-order valence-corrected chi connectivity index (χ3v) is 4.74. The second kappa shape index (κ2) is 5.99. The number of aliphatic carboxylic acids is 1. The van der Waals surface area contributed by atoms with Gasteiger partial charge < -0.3 is 19.8 Å². The zero-order valence-electron chi connectivity index (χ0n) is 12.6. The van der Waals surface area contributed by atoms with Crippen LogP contribution in [0.1, 0.15) is 19.8 Å². The van der Waals surface area contributed by atoms with Gasteiger partial charge >= 0.3 is 12.0 Å². The molecule has 2 fully saturated rings. The van der Waals surface area contributed by atoms with Crippen LogP contribution in [0, 0.1) is 11.8 Å². The summed E-state index contributed by atoms with van der Waals surface area (Å²) < 4.78 is 0. The zero-order chi connectivity index (χ0) is 14.9. The minimum Gasteiger partial charge on any atom is -0.481 e. The van der Waals surface area contributed by atoms with Gasteiger partial charge in [-0.05, 0) is 38.9 Å². The number of carboxylic acids is 1. The topological polar surface area (TPSA) is 64.1 Å². The molecule has 2 aliphatic heterocycles. The van der Waals surface area contributed by atoms with Crippen molar-refractivity contribution in [3.05, 3.63) is 0 Å². The average Bonchev–Trinajstić information content (AvgIpc) is 2.80. The minimum atomic E-state index is -0.797. The third kappa shape index (κ3) is 3.06. The number of hydrogen-bond acceptors (Lipinski definition) is 3. The number of piperidine rings is 1. The largest absolute Gasteiger partial charge is 0.481 e. The molecule has 2 rings (SSSR count). The van der Waals surface area contributed by atoms with E-state index in [0.29, 0.717) is 13.1 Å². The molecule has 0 radical (unpaired) electrons. The van der Waals surface area contributed by atoms with Crippen molar-refractivity contribution >= 4 is 12.0 Å². The molecule has 0 spiro atoms. The van der Waals surface area contributed by atoms with Crippen LogP contribution >= 0.6 is 0 Å². The fraction of sp³-hybridized carbons (Fsp3) is 0.857. The summed E-state index contributed by atoms with van der Waals surface area (Å²) in [4.78, 5) is 29.4. The van der Waals surface area contributed by atoms with Crippen LogP contribution in [0.25, 0.3) is 0 Å². The molecule has 0 bridgehead atoms. The number of carbonyl (C=O) groups excluding carboxylic acids is 1. The molecule has 0 aromatic heterocycles. The Kier molecular flexibility index (Phi) is 4.52. The highest BCUT2D eigenvalue weighted by Crippen LogP contribution is 2.25. The van der Waals surface area contributed by atoms with E-state index in [2.05, 4.69) is 11.9 Å². The molecule has 2 atom stereocenters. The number of rotatable bonds is 2. The van der Waals surface area contributed by atoms with Gasteiger partial charge in [-0.15, -0.1) is 0 Å². The van der Waals surface area contributed by atoms with Crippen LogP contribution < -0.4 is 0 Å². The van der Waals surface area contributed by atoms with Crippen LogP contribution in [-0.2, 0) is 4.79 Å². The van der Waals surface area contributed by atoms with Crippen LogP contribution in [0.5, 0.6) is 0 Å². The Balaban J connectivity index is 1.93. The Morgan fingerprint density at radius 3 is 2.30 bits per heavy atom. The molecule has 2 aliphatic rings. The van der Waals surface area contributed by atoms with Crippen LogP contribution in [0.2, 0.25) is 0 Å².